The number of sulfonamides is 1. The Balaban J connectivity index is 2.11. The van der Waals surface area contributed by atoms with E-state index in [1.165, 1.54) is 31.2 Å². The molecule has 0 amide bonds. The van der Waals surface area contributed by atoms with Crippen LogP contribution in [0.3, 0.4) is 0 Å². The highest BCUT2D eigenvalue weighted by Gasteiger charge is 2.21. The van der Waals surface area contributed by atoms with Crippen LogP contribution in [0.1, 0.15) is 38.5 Å². The lowest BCUT2D eigenvalue weighted by molar-refractivity contribution is 0.510. The van der Waals surface area contributed by atoms with Crippen molar-refractivity contribution in [2.24, 2.45) is 0 Å². The number of aromatic nitrogens is 1. The third-order valence-corrected chi connectivity index (χ3v) is 4.76. The molecular weight excluding hydrogens is 250 g/mol. The number of hydrogen-bond acceptors (Lipinski definition) is 4. The second-order valence-electron chi connectivity index (χ2n) is 4.73. The van der Waals surface area contributed by atoms with Gasteiger partial charge < -0.3 is 5.73 Å². The van der Waals surface area contributed by atoms with E-state index in [4.69, 9.17) is 5.73 Å². The number of nitrogen functional groups attached to an aromatic ring is 1. The second-order valence-corrected chi connectivity index (χ2v) is 6.44. The summed E-state index contributed by atoms with van der Waals surface area (Å²) in [6.45, 7) is 0. The molecule has 0 atom stereocenters. The fourth-order valence-electron chi connectivity index (χ4n) is 2.28. The molecule has 0 radical (unpaired) electrons. The molecular formula is C12H19N3O2S. The van der Waals surface area contributed by atoms with Crippen molar-refractivity contribution in [2.75, 3.05) is 5.73 Å². The van der Waals surface area contributed by atoms with Gasteiger partial charge in [0, 0.05) is 18.3 Å². The molecule has 2 rings (SSSR count). The zero-order valence-corrected chi connectivity index (χ0v) is 11.1. The third-order valence-electron chi connectivity index (χ3n) is 3.24. The summed E-state index contributed by atoms with van der Waals surface area (Å²) in [6, 6.07) is 2.90. The van der Waals surface area contributed by atoms with Gasteiger partial charge in [-0.1, -0.05) is 25.7 Å². The Kier molecular flexibility index (Phi) is 4.19. The largest absolute Gasteiger partial charge is 0.384 e. The van der Waals surface area contributed by atoms with Crippen molar-refractivity contribution in [1.82, 2.24) is 9.71 Å². The summed E-state index contributed by atoms with van der Waals surface area (Å²) in [7, 11) is -3.47. The normalized spacial score (nSPS) is 18.4. The van der Waals surface area contributed by atoms with Crippen molar-refractivity contribution in [3.05, 3.63) is 18.3 Å². The minimum absolute atomic E-state index is 0.0480. The van der Waals surface area contributed by atoms with E-state index in [1.54, 1.807) is 0 Å². The van der Waals surface area contributed by atoms with E-state index >= 15 is 0 Å². The average Bonchev–Trinajstić information content (AvgIpc) is 2.57. The standard InChI is InChI=1S/C12H19N3O2S/c13-12-9-11(7-8-14-12)18(16,17)15-10-5-3-1-2-4-6-10/h7-10,15H,1-6H2,(H2,13,14). The van der Waals surface area contributed by atoms with Gasteiger partial charge in [0.2, 0.25) is 10.0 Å². The first-order valence-electron chi connectivity index (χ1n) is 6.32. The fourth-order valence-corrected chi connectivity index (χ4v) is 3.61. The number of nitrogens with zero attached hydrogens (tertiary/aromatic N) is 1. The first-order valence-corrected chi connectivity index (χ1v) is 7.80. The molecule has 1 aliphatic rings. The van der Waals surface area contributed by atoms with Crippen LogP contribution in [0.25, 0.3) is 0 Å². The molecule has 0 bridgehead atoms. The number of pyridine rings is 1. The molecule has 1 saturated carbocycles. The Morgan fingerprint density at radius 3 is 2.50 bits per heavy atom. The van der Waals surface area contributed by atoms with Gasteiger partial charge in [0.05, 0.1) is 4.90 Å². The summed E-state index contributed by atoms with van der Waals surface area (Å²) < 4.78 is 27.1. The molecule has 0 spiro atoms. The molecule has 0 saturated heterocycles. The van der Waals surface area contributed by atoms with Gasteiger partial charge in [-0.3, -0.25) is 0 Å². The van der Waals surface area contributed by atoms with Gasteiger partial charge in [0.15, 0.2) is 0 Å². The highest BCUT2D eigenvalue weighted by molar-refractivity contribution is 7.89. The van der Waals surface area contributed by atoms with Gasteiger partial charge in [-0.2, -0.15) is 0 Å². The van der Waals surface area contributed by atoms with Crippen molar-refractivity contribution in [1.29, 1.82) is 0 Å². The van der Waals surface area contributed by atoms with Gasteiger partial charge in [0.25, 0.3) is 0 Å². The highest BCUT2D eigenvalue weighted by atomic mass is 32.2. The quantitative estimate of drug-likeness (QED) is 0.817. The van der Waals surface area contributed by atoms with Gasteiger partial charge in [-0.05, 0) is 18.9 Å². The molecule has 100 valence electrons. The summed E-state index contributed by atoms with van der Waals surface area (Å²) in [6.07, 6.45) is 7.81. The zero-order valence-electron chi connectivity index (χ0n) is 10.3. The molecule has 0 aliphatic heterocycles. The Morgan fingerprint density at radius 1 is 1.22 bits per heavy atom. The highest BCUT2D eigenvalue weighted by Crippen LogP contribution is 2.19. The maximum absolute atomic E-state index is 12.2. The Labute approximate surface area is 108 Å². The van der Waals surface area contributed by atoms with E-state index in [0.717, 1.165) is 25.7 Å². The van der Waals surface area contributed by atoms with E-state index in [0.29, 0.717) is 0 Å². The molecule has 6 heteroatoms. The molecule has 5 nitrogen and oxygen atoms in total. The van der Waals surface area contributed by atoms with Crippen LogP contribution < -0.4 is 10.5 Å². The van der Waals surface area contributed by atoms with E-state index in [-0.39, 0.29) is 16.8 Å². The monoisotopic (exact) mass is 269 g/mol. The lowest BCUT2D eigenvalue weighted by Crippen LogP contribution is -2.34. The minimum atomic E-state index is -3.47. The topological polar surface area (TPSA) is 85.1 Å². The van der Waals surface area contributed by atoms with Crippen LogP contribution in [0.5, 0.6) is 0 Å². The molecule has 1 aromatic rings. The molecule has 1 heterocycles. The van der Waals surface area contributed by atoms with Crippen molar-refractivity contribution < 1.29 is 8.42 Å². The Morgan fingerprint density at radius 2 is 1.89 bits per heavy atom. The molecule has 1 aliphatic carbocycles. The summed E-state index contributed by atoms with van der Waals surface area (Å²) in [5.74, 6) is 0.221. The van der Waals surface area contributed by atoms with Crippen LogP contribution in [-0.2, 0) is 10.0 Å². The third kappa shape index (κ3) is 3.43. The average molecular weight is 269 g/mol. The van der Waals surface area contributed by atoms with Crippen molar-refractivity contribution in [2.45, 2.75) is 49.5 Å². The predicted molar refractivity (Wildman–Crippen MR) is 70.5 cm³/mol. The van der Waals surface area contributed by atoms with E-state index in [1.807, 2.05) is 0 Å². The van der Waals surface area contributed by atoms with Gasteiger partial charge in [-0.25, -0.2) is 18.1 Å². The van der Waals surface area contributed by atoms with Gasteiger partial charge in [-0.15, -0.1) is 0 Å². The molecule has 3 N–H and O–H groups in total. The van der Waals surface area contributed by atoms with Crippen LogP contribution in [0.15, 0.2) is 23.2 Å². The molecule has 0 aromatic carbocycles. The minimum Gasteiger partial charge on any atom is -0.384 e. The van der Waals surface area contributed by atoms with E-state index < -0.39 is 10.0 Å². The van der Waals surface area contributed by atoms with E-state index in [9.17, 15) is 8.42 Å². The van der Waals surface area contributed by atoms with Crippen molar-refractivity contribution in [3.63, 3.8) is 0 Å². The van der Waals surface area contributed by atoms with Crippen LogP contribution in [0.4, 0.5) is 5.82 Å². The van der Waals surface area contributed by atoms with Crippen molar-refractivity contribution in [3.8, 4) is 0 Å². The molecule has 0 unspecified atom stereocenters. The van der Waals surface area contributed by atoms with Gasteiger partial charge >= 0.3 is 0 Å². The number of rotatable bonds is 3. The SMILES string of the molecule is Nc1cc(S(=O)(=O)NC2CCCCCC2)ccn1. The Bertz CT molecular complexity index is 494. The molecule has 1 fully saturated rings. The van der Waals surface area contributed by atoms with Crippen LogP contribution >= 0.6 is 0 Å². The van der Waals surface area contributed by atoms with Gasteiger partial charge in [0.1, 0.15) is 5.82 Å². The summed E-state index contributed by atoms with van der Waals surface area (Å²) in [5.41, 5.74) is 5.51. The maximum Gasteiger partial charge on any atom is 0.241 e. The summed E-state index contributed by atoms with van der Waals surface area (Å²) >= 11 is 0. The smallest absolute Gasteiger partial charge is 0.241 e. The van der Waals surface area contributed by atoms with Crippen LogP contribution in [0, 0.1) is 0 Å². The zero-order chi connectivity index (χ0) is 13.0. The van der Waals surface area contributed by atoms with Crippen molar-refractivity contribution >= 4 is 15.8 Å². The molecule has 1 aromatic heterocycles. The predicted octanol–water partition coefficient (Wildman–Crippen LogP) is 1.66. The second kappa shape index (κ2) is 5.67. The Hall–Kier alpha value is -1.14. The van der Waals surface area contributed by atoms with Crippen LogP contribution in [-0.4, -0.2) is 19.4 Å². The number of anilines is 1. The number of nitrogens with two attached hydrogens (primary N) is 1. The van der Waals surface area contributed by atoms with Crippen LogP contribution in [0.2, 0.25) is 0 Å². The summed E-state index contributed by atoms with van der Waals surface area (Å²) in [5, 5.41) is 0. The van der Waals surface area contributed by atoms with E-state index in [2.05, 4.69) is 9.71 Å². The number of hydrogen-bond donors (Lipinski definition) is 2. The first kappa shape index (κ1) is 13.3. The maximum atomic E-state index is 12.2. The lowest BCUT2D eigenvalue weighted by atomic mass is 10.1. The summed E-state index contributed by atoms with van der Waals surface area (Å²) in [4.78, 5) is 3.99. The first-order chi connectivity index (χ1) is 8.58. The number of nitrogens with one attached hydrogen (secondary N) is 1. The lowest BCUT2D eigenvalue weighted by Gasteiger charge is -2.16. The fraction of sp³-hybridized carbons (Fsp3) is 0.583. The molecule has 18 heavy (non-hydrogen) atoms.